The number of aryl methyl sites for hydroxylation is 1. The zero-order valence-corrected chi connectivity index (χ0v) is 51.3. The number of nitrogens with zero attached hydrogens (tertiary/aromatic N) is 8. The van der Waals surface area contributed by atoms with Crippen LogP contribution >= 0.6 is 0 Å². The van der Waals surface area contributed by atoms with E-state index in [4.69, 9.17) is 14.2 Å². The van der Waals surface area contributed by atoms with Crippen LogP contribution in [-0.4, -0.2) is 155 Å². The number of amides is 5. The molecule has 5 amide bonds. The maximum absolute atomic E-state index is 14.1. The number of hydrogen-bond donors (Lipinski definition) is 4. The average molecular weight is 1210 g/mol. The first kappa shape index (κ1) is 63.1. The molecule has 2 saturated heterocycles. The number of likely N-dealkylation sites (tertiary alicyclic amines) is 1. The summed E-state index contributed by atoms with van der Waals surface area (Å²) in [6.07, 6.45) is 11.6. The van der Waals surface area contributed by atoms with Crippen molar-refractivity contribution in [2.45, 2.75) is 128 Å². The third kappa shape index (κ3) is 16.6. The largest absolute Gasteiger partial charge is 0.497 e. The van der Waals surface area contributed by atoms with Crippen LogP contribution in [0.25, 0.3) is 11.0 Å². The molecule has 3 fully saturated rings. The molecular weight excluding hydrogens is 1130 g/mol. The zero-order chi connectivity index (χ0) is 61.8. The topological polar surface area (TPSA) is 273 Å². The number of hydrogen-bond acceptors (Lipinski definition) is 16. The highest BCUT2D eigenvalue weighted by molar-refractivity contribution is 7.90. The molecular formula is C63H80N12O11S. The van der Waals surface area contributed by atoms with Crippen molar-refractivity contribution >= 4 is 56.5 Å². The molecule has 464 valence electrons. The van der Waals surface area contributed by atoms with Crippen LogP contribution in [0.1, 0.15) is 129 Å². The maximum Gasteiger partial charge on any atom is 0.411 e. The molecule has 9 rings (SSSR count). The van der Waals surface area contributed by atoms with Gasteiger partial charge in [-0.3, -0.25) is 43.4 Å². The van der Waals surface area contributed by atoms with Crippen LogP contribution in [0.5, 0.6) is 11.5 Å². The first-order valence-electron chi connectivity index (χ1n) is 30.0. The third-order valence-corrected chi connectivity index (χ3v) is 17.4. The molecule has 3 aliphatic rings. The number of piperidine rings is 1. The van der Waals surface area contributed by atoms with E-state index >= 15 is 0 Å². The summed E-state index contributed by atoms with van der Waals surface area (Å²) in [4.78, 5) is 101. The molecule has 24 heteroatoms. The van der Waals surface area contributed by atoms with Crippen LogP contribution in [-0.2, 0) is 50.4 Å². The SMILES string of the molecule is CCOc1cc(OC)ccc1CN(CC(=O)N1CCC[C@@H](c2cccc(C(=O)N[C@@H](C(=O)NCCn3cc(S(=O)(=O)NC(=O)c4ccc(N5CCN(Cc6cnc7cc(CC)c(=O)[nH]c7c6)CC5)cn4)cn3)C3CCCCC3)c2)C1)C(=O)OC(C)(C)C. The van der Waals surface area contributed by atoms with Gasteiger partial charge in [-0.1, -0.05) is 38.3 Å². The van der Waals surface area contributed by atoms with Crippen molar-refractivity contribution < 1.29 is 46.6 Å². The van der Waals surface area contributed by atoms with Gasteiger partial charge in [-0.2, -0.15) is 5.10 Å². The summed E-state index contributed by atoms with van der Waals surface area (Å²) in [6.45, 7) is 13.9. The van der Waals surface area contributed by atoms with Crippen molar-refractivity contribution in [2.75, 3.05) is 71.0 Å². The molecule has 1 saturated carbocycles. The van der Waals surface area contributed by atoms with E-state index in [0.717, 1.165) is 80.1 Å². The van der Waals surface area contributed by atoms with E-state index in [1.165, 1.54) is 21.8 Å². The van der Waals surface area contributed by atoms with Crippen LogP contribution in [0, 0.1) is 5.92 Å². The van der Waals surface area contributed by atoms with Crippen molar-refractivity contribution in [3.05, 3.63) is 135 Å². The number of ether oxygens (including phenoxy) is 3. The molecule has 0 bridgehead atoms. The van der Waals surface area contributed by atoms with E-state index in [1.807, 2.05) is 50.4 Å². The first-order chi connectivity index (χ1) is 41.8. The van der Waals surface area contributed by atoms with Gasteiger partial charge in [0.05, 0.1) is 55.9 Å². The Bertz CT molecular complexity index is 3590. The Morgan fingerprint density at radius 1 is 0.851 bits per heavy atom. The number of methoxy groups -OCH3 is 1. The normalized spacial score (nSPS) is 16.4. The molecule has 2 aromatic carbocycles. The van der Waals surface area contributed by atoms with E-state index in [9.17, 15) is 37.2 Å². The summed E-state index contributed by atoms with van der Waals surface area (Å²) >= 11 is 0. The Balaban J connectivity index is 0.756. The van der Waals surface area contributed by atoms with Gasteiger partial charge in [0, 0.05) is 93.4 Å². The van der Waals surface area contributed by atoms with Crippen LogP contribution < -0.4 is 35.3 Å². The number of anilines is 1. The fourth-order valence-corrected chi connectivity index (χ4v) is 12.4. The Morgan fingerprint density at radius 2 is 1.64 bits per heavy atom. The maximum atomic E-state index is 14.1. The van der Waals surface area contributed by atoms with Crippen molar-refractivity contribution in [3.8, 4) is 11.5 Å². The van der Waals surface area contributed by atoms with E-state index in [0.29, 0.717) is 85.9 Å². The van der Waals surface area contributed by atoms with Gasteiger partial charge < -0.3 is 39.6 Å². The lowest BCUT2D eigenvalue weighted by molar-refractivity contribution is -0.133. The van der Waals surface area contributed by atoms with Gasteiger partial charge in [0.2, 0.25) is 11.8 Å². The number of carbonyl (C=O) groups excluding carboxylic acids is 5. The number of carbonyl (C=O) groups is 5. The number of H-pyrrole nitrogens is 1. The van der Waals surface area contributed by atoms with Gasteiger partial charge in [0.1, 0.15) is 40.3 Å². The molecule has 2 aliphatic heterocycles. The summed E-state index contributed by atoms with van der Waals surface area (Å²) in [7, 11) is -2.80. The summed E-state index contributed by atoms with van der Waals surface area (Å²) < 4.78 is 47.3. The summed E-state index contributed by atoms with van der Waals surface area (Å²) in [5.74, 6) is -1.01. The molecule has 6 heterocycles. The number of sulfonamides is 1. The van der Waals surface area contributed by atoms with Gasteiger partial charge in [0.15, 0.2) is 0 Å². The summed E-state index contributed by atoms with van der Waals surface area (Å²) in [6, 6.07) is 18.8. The van der Waals surface area contributed by atoms with Gasteiger partial charge >= 0.3 is 6.09 Å². The highest BCUT2D eigenvalue weighted by Gasteiger charge is 2.34. The standard InChI is InChI=1S/C63H80N12O11S/c1-7-43-32-53-54(68-58(43)77)30-42(34-65-53)37-71-26-28-72(29-27-71)49-20-22-52(66-35-49)60(79)70-87(82,83)51-36-67-75(40-51)25-23-64-61(80)57(44-14-10-9-11-15-44)69-59(78)46-17-12-16-45(31-46)47-18-13-24-73(38-47)56(76)41-74(62(81)86-63(3,4)5)39-48-19-21-50(84-6)33-55(48)85-8-2/h12,16-17,19-22,30-36,40,44,47,57H,7-11,13-15,18,23-29,37-39,41H2,1-6H3,(H,64,80)(H,68,77)(H,69,78)(H,70,79)/t47-,57-/m1/s1. The second kappa shape index (κ2) is 28.4. The number of pyridine rings is 3. The number of fused-ring (bicyclic) bond motifs is 1. The Morgan fingerprint density at radius 3 is 2.37 bits per heavy atom. The molecule has 0 radical (unpaired) electrons. The van der Waals surface area contributed by atoms with Gasteiger partial charge in [-0.05, 0) is 125 Å². The molecule has 87 heavy (non-hydrogen) atoms. The Kier molecular flexibility index (Phi) is 20.6. The predicted octanol–water partition coefficient (Wildman–Crippen LogP) is 6.56. The molecule has 0 unspecified atom stereocenters. The first-order valence-corrected chi connectivity index (χ1v) is 31.5. The molecule has 4 aromatic heterocycles. The lowest BCUT2D eigenvalue weighted by Gasteiger charge is -2.36. The number of aromatic nitrogens is 5. The van der Waals surface area contributed by atoms with E-state index in [1.54, 1.807) is 69.3 Å². The second-order valence-corrected chi connectivity index (χ2v) is 25.2. The lowest BCUT2D eigenvalue weighted by Crippen LogP contribution is -2.51. The van der Waals surface area contributed by atoms with E-state index in [-0.39, 0.29) is 66.0 Å². The molecule has 23 nitrogen and oxygen atoms in total. The minimum Gasteiger partial charge on any atom is -0.497 e. The smallest absolute Gasteiger partial charge is 0.411 e. The molecule has 0 spiro atoms. The highest BCUT2D eigenvalue weighted by Crippen LogP contribution is 2.31. The van der Waals surface area contributed by atoms with Crippen LogP contribution in [0.3, 0.4) is 0 Å². The van der Waals surface area contributed by atoms with Gasteiger partial charge in [-0.25, -0.2) is 22.9 Å². The van der Waals surface area contributed by atoms with Gasteiger partial charge in [-0.15, -0.1) is 0 Å². The van der Waals surface area contributed by atoms with E-state index < -0.39 is 39.6 Å². The molecule has 4 N–H and O–H groups in total. The minimum absolute atomic E-state index is 0.0629. The van der Waals surface area contributed by atoms with Crippen molar-refractivity contribution in [1.29, 1.82) is 0 Å². The molecule has 1 aliphatic carbocycles. The average Bonchev–Trinajstić information content (AvgIpc) is 4.29. The third-order valence-electron chi connectivity index (χ3n) is 16.1. The number of nitrogens with one attached hydrogen (secondary N) is 4. The van der Waals surface area contributed by atoms with Crippen molar-refractivity contribution in [2.24, 2.45) is 5.92 Å². The Hall–Kier alpha value is -8.38. The number of rotatable bonds is 22. The van der Waals surface area contributed by atoms with Crippen LogP contribution in [0.15, 0.2) is 101 Å². The minimum atomic E-state index is -4.36. The molecule has 6 aromatic rings. The molecule has 2 atom stereocenters. The van der Waals surface area contributed by atoms with Crippen molar-refractivity contribution in [3.63, 3.8) is 0 Å². The highest BCUT2D eigenvalue weighted by atomic mass is 32.2. The van der Waals surface area contributed by atoms with E-state index in [2.05, 4.69) is 45.2 Å². The van der Waals surface area contributed by atoms with Crippen LogP contribution in [0.4, 0.5) is 10.5 Å². The fraction of sp³-hybridized carbons (Fsp3) is 0.476. The number of aromatic amines is 1. The number of benzene rings is 2. The lowest BCUT2D eigenvalue weighted by atomic mass is 9.83. The summed E-state index contributed by atoms with van der Waals surface area (Å²) in [5.41, 5.74) is 4.91. The zero-order valence-electron chi connectivity index (χ0n) is 50.5. The number of piperazine rings is 1. The van der Waals surface area contributed by atoms with Gasteiger partial charge in [0.25, 0.3) is 27.4 Å². The second-order valence-electron chi connectivity index (χ2n) is 23.5. The quantitative estimate of drug-likeness (QED) is 0.0560. The summed E-state index contributed by atoms with van der Waals surface area (Å²) in [5, 5.41) is 10.2. The Labute approximate surface area is 507 Å². The predicted molar refractivity (Wildman–Crippen MR) is 327 cm³/mol. The monoisotopic (exact) mass is 1210 g/mol. The van der Waals surface area contributed by atoms with Crippen LogP contribution in [0.2, 0.25) is 0 Å². The van der Waals surface area contributed by atoms with Crippen molar-refractivity contribution in [1.82, 2.24) is 54.8 Å². The fourth-order valence-electron chi connectivity index (χ4n) is 11.5.